The molecule has 0 N–H and O–H groups in total. The zero-order valence-corrected chi connectivity index (χ0v) is 42.8. The number of hydrogen-bond acceptors (Lipinski definition) is 8. The summed E-state index contributed by atoms with van der Waals surface area (Å²) in [4.78, 5) is 41.3. The summed E-state index contributed by atoms with van der Waals surface area (Å²) in [5.41, 5.74) is 19.3. The Morgan fingerprint density at radius 3 is 1.03 bits per heavy atom. The summed E-state index contributed by atoms with van der Waals surface area (Å²) in [5, 5.41) is 0. The first-order valence-corrected chi connectivity index (χ1v) is 26.7. The van der Waals surface area contributed by atoms with E-state index in [2.05, 4.69) is 193 Å². The first-order valence-electron chi connectivity index (χ1n) is 26.7. The fourth-order valence-corrected chi connectivity index (χ4v) is 12.0. The standard InChI is InChI=1S/C68H48N10/c1-3-59-69-55-29-13-15-31-57(55)77(59)47-25-17-23-43(37-47)65-71-63(41-19-7-5-8-20-41)73-67(75-65)45-33-35-51-53(39-45)61-49-27-11-12-28-50(49)62(51)54-40-46(34-36-52(54)61)68-74-64(42-21-9-6-10-22-42)72-66(76-68)44-24-18-26-48(38-44)78-58-32-16-14-30-56(58)70-60(78)4-2/h5-40,61-62H,3-4H2,1-2H3. The smallest absolute Gasteiger partial charge is 0.164 e. The van der Waals surface area contributed by atoms with Crippen LogP contribution >= 0.6 is 0 Å². The molecule has 3 aliphatic rings. The second kappa shape index (κ2) is 18.4. The van der Waals surface area contributed by atoms with E-state index in [4.69, 9.17) is 39.9 Å². The topological polar surface area (TPSA) is 113 Å². The fraction of sp³-hybridized carbons (Fsp3) is 0.0882. The van der Waals surface area contributed by atoms with E-state index in [0.29, 0.717) is 34.9 Å². The maximum absolute atomic E-state index is 5.30. The highest BCUT2D eigenvalue weighted by molar-refractivity contribution is 5.81. The molecule has 3 aliphatic carbocycles. The van der Waals surface area contributed by atoms with Gasteiger partial charge in [0.2, 0.25) is 0 Å². The highest BCUT2D eigenvalue weighted by atomic mass is 15.1. The summed E-state index contributed by atoms with van der Waals surface area (Å²) in [6.45, 7) is 4.29. The average molecular weight is 1010 g/mol. The second-order valence-electron chi connectivity index (χ2n) is 20.0. The first kappa shape index (κ1) is 45.3. The number of nitrogens with zero attached hydrogens (tertiary/aromatic N) is 10. The number of aryl methyl sites for hydroxylation is 2. The number of benzene rings is 9. The van der Waals surface area contributed by atoms with Gasteiger partial charge in [0.1, 0.15) is 11.6 Å². The van der Waals surface area contributed by atoms with Crippen molar-refractivity contribution >= 4 is 22.1 Å². The van der Waals surface area contributed by atoms with E-state index in [1.165, 1.54) is 33.4 Å². The van der Waals surface area contributed by atoms with Gasteiger partial charge in [-0.05, 0) is 94.0 Å². The third kappa shape index (κ3) is 7.47. The number of rotatable bonds is 10. The van der Waals surface area contributed by atoms with Crippen LogP contribution in [-0.4, -0.2) is 49.0 Å². The molecule has 10 nitrogen and oxygen atoms in total. The Morgan fingerprint density at radius 2 is 0.615 bits per heavy atom. The molecule has 9 aromatic carbocycles. The highest BCUT2D eigenvalue weighted by Gasteiger charge is 2.41. The van der Waals surface area contributed by atoms with Crippen molar-refractivity contribution in [3.8, 4) is 79.7 Å². The van der Waals surface area contributed by atoms with E-state index in [9.17, 15) is 0 Å². The van der Waals surface area contributed by atoms with E-state index in [1.54, 1.807) is 0 Å². The van der Waals surface area contributed by atoms with E-state index in [0.717, 1.165) is 91.3 Å². The molecule has 2 atom stereocenters. The van der Waals surface area contributed by atoms with Gasteiger partial charge in [-0.15, -0.1) is 0 Å². The molecule has 13 aromatic rings. The quantitative estimate of drug-likeness (QED) is 0.133. The van der Waals surface area contributed by atoms with Crippen LogP contribution in [0.15, 0.2) is 218 Å². The molecule has 0 saturated carbocycles. The van der Waals surface area contributed by atoms with Crippen LogP contribution in [0.4, 0.5) is 0 Å². The SMILES string of the molecule is CCc1nc2ccccc2n1-c1cccc(-c2nc(-c3ccccc3)nc(-c3ccc4c(c3)C3c5ccccc5C4c4cc(-c5nc(-c6ccccc6)nc(-c6cccc(-n7c(CC)nc8ccccc87)c6)n5)ccc43)n2)c1. The monoisotopic (exact) mass is 1000 g/mol. The van der Waals surface area contributed by atoms with Crippen LogP contribution in [0.1, 0.15) is 70.7 Å². The van der Waals surface area contributed by atoms with E-state index < -0.39 is 0 Å². The molecule has 0 radical (unpaired) electrons. The zero-order valence-electron chi connectivity index (χ0n) is 42.8. The molecule has 370 valence electrons. The van der Waals surface area contributed by atoms with Gasteiger partial charge in [-0.3, -0.25) is 9.13 Å². The molecule has 0 saturated heterocycles. The number of imidazole rings is 2. The maximum Gasteiger partial charge on any atom is 0.164 e. The third-order valence-electron chi connectivity index (χ3n) is 15.5. The van der Waals surface area contributed by atoms with Crippen molar-refractivity contribution in [2.75, 3.05) is 0 Å². The Balaban J connectivity index is 0.836. The first-order chi connectivity index (χ1) is 38.5. The van der Waals surface area contributed by atoms with Gasteiger partial charge >= 0.3 is 0 Å². The van der Waals surface area contributed by atoms with Crippen LogP contribution in [0.25, 0.3) is 102 Å². The average Bonchev–Trinajstić information content (AvgIpc) is 4.02. The molecule has 16 rings (SSSR count). The van der Waals surface area contributed by atoms with Crippen molar-refractivity contribution in [3.63, 3.8) is 0 Å². The number of hydrogen-bond donors (Lipinski definition) is 0. The van der Waals surface area contributed by atoms with Crippen LogP contribution in [-0.2, 0) is 12.8 Å². The molecule has 2 unspecified atom stereocenters. The van der Waals surface area contributed by atoms with Gasteiger partial charge in [0.15, 0.2) is 34.9 Å². The lowest BCUT2D eigenvalue weighted by molar-refractivity contribution is 0.754. The summed E-state index contributed by atoms with van der Waals surface area (Å²) >= 11 is 0. The Kier molecular flexibility index (Phi) is 10.7. The minimum Gasteiger partial charge on any atom is -0.296 e. The molecule has 10 heteroatoms. The van der Waals surface area contributed by atoms with Crippen molar-refractivity contribution in [2.24, 2.45) is 0 Å². The Labute approximate surface area is 450 Å². The van der Waals surface area contributed by atoms with Crippen LogP contribution < -0.4 is 0 Å². The molecule has 2 bridgehead atoms. The normalized spacial score (nSPS) is 14.1. The fourth-order valence-electron chi connectivity index (χ4n) is 12.0. The van der Waals surface area contributed by atoms with Crippen LogP contribution in [0.3, 0.4) is 0 Å². The highest BCUT2D eigenvalue weighted by Crippen LogP contribution is 2.56. The lowest BCUT2D eigenvalue weighted by atomic mass is 9.61. The van der Waals surface area contributed by atoms with E-state index >= 15 is 0 Å². The molecule has 4 aromatic heterocycles. The minimum atomic E-state index is -0.0154. The summed E-state index contributed by atoms with van der Waals surface area (Å²) < 4.78 is 4.48. The van der Waals surface area contributed by atoms with Gasteiger partial charge in [0, 0.05) is 69.4 Å². The Bertz CT molecular complexity index is 4220. The van der Waals surface area contributed by atoms with Gasteiger partial charge in [-0.1, -0.05) is 172 Å². The molecular weight excluding hydrogens is 957 g/mol. The lowest BCUT2D eigenvalue weighted by Gasteiger charge is -2.42. The van der Waals surface area contributed by atoms with Crippen molar-refractivity contribution in [1.82, 2.24) is 49.0 Å². The van der Waals surface area contributed by atoms with Crippen LogP contribution in [0, 0.1) is 0 Å². The van der Waals surface area contributed by atoms with Crippen molar-refractivity contribution in [3.05, 3.63) is 263 Å². The van der Waals surface area contributed by atoms with Gasteiger partial charge in [-0.25, -0.2) is 39.9 Å². The summed E-state index contributed by atoms with van der Waals surface area (Å²) in [6, 6.07) is 76.4. The lowest BCUT2D eigenvalue weighted by Crippen LogP contribution is -2.27. The van der Waals surface area contributed by atoms with Gasteiger partial charge in [0.25, 0.3) is 0 Å². The molecule has 0 amide bonds. The summed E-state index contributed by atoms with van der Waals surface area (Å²) in [7, 11) is 0. The third-order valence-corrected chi connectivity index (χ3v) is 15.5. The second-order valence-corrected chi connectivity index (χ2v) is 20.0. The predicted molar refractivity (Wildman–Crippen MR) is 309 cm³/mol. The summed E-state index contributed by atoms with van der Waals surface area (Å²) in [5.74, 6) is 5.65. The zero-order chi connectivity index (χ0) is 51.8. The molecule has 0 fully saturated rings. The summed E-state index contributed by atoms with van der Waals surface area (Å²) in [6.07, 6.45) is 1.59. The Hall–Kier alpha value is -10.1. The predicted octanol–water partition coefficient (Wildman–Crippen LogP) is 14.8. The molecule has 78 heavy (non-hydrogen) atoms. The van der Waals surface area contributed by atoms with Gasteiger partial charge in [-0.2, -0.15) is 0 Å². The minimum absolute atomic E-state index is 0.0154. The molecule has 4 heterocycles. The van der Waals surface area contributed by atoms with Gasteiger partial charge in [0.05, 0.1) is 22.1 Å². The van der Waals surface area contributed by atoms with Crippen LogP contribution in [0.2, 0.25) is 0 Å². The van der Waals surface area contributed by atoms with Crippen molar-refractivity contribution in [1.29, 1.82) is 0 Å². The number of para-hydroxylation sites is 4. The van der Waals surface area contributed by atoms with Gasteiger partial charge < -0.3 is 0 Å². The maximum atomic E-state index is 5.30. The molecule has 0 aliphatic heterocycles. The molecular formula is C68H48N10. The van der Waals surface area contributed by atoms with Crippen molar-refractivity contribution < 1.29 is 0 Å². The van der Waals surface area contributed by atoms with Crippen molar-refractivity contribution in [2.45, 2.75) is 38.5 Å². The number of fused-ring (bicyclic) bond motifs is 2. The Morgan fingerprint density at radius 1 is 0.282 bits per heavy atom. The van der Waals surface area contributed by atoms with Crippen LogP contribution in [0.5, 0.6) is 0 Å². The number of aromatic nitrogens is 10. The van der Waals surface area contributed by atoms with E-state index in [-0.39, 0.29) is 11.8 Å². The largest absolute Gasteiger partial charge is 0.296 e. The van der Waals surface area contributed by atoms with E-state index in [1.807, 2.05) is 48.5 Å². The molecule has 0 spiro atoms.